The van der Waals surface area contributed by atoms with Gasteiger partial charge >= 0.3 is 0 Å². The molecule has 2 heterocycles. The van der Waals surface area contributed by atoms with Gasteiger partial charge in [-0.3, -0.25) is 24.2 Å². The molecule has 1 saturated carbocycles. The van der Waals surface area contributed by atoms with E-state index in [0.29, 0.717) is 28.1 Å². The number of carbonyl (C=O) groups is 4. The first-order valence-electron chi connectivity index (χ1n) is 19.4. The van der Waals surface area contributed by atoms with Crippen molar-refractivity contribution in [1.82, 2.24) is 25.2 Å². The third kappa shape index (κ3) is 10.2. The van der Waals surface area contributed by atoms with Crippen molar-refractivity contribution in [2.24, 2.45) is 10.9 Å². The fourth-order valence-corrected chi connectivity index (χ4v) is 8.04. The molecule has 0 radical (unpaired) electrons. The van der Waals surface area contributed by atoms with Crippen LogP contribution in [0.2, 0.25) is 0 Å². The predicted molar refractivity (Wildman–Crippen MR) is 224 cm³/mol. The number of methoxy groups -OCH3 is 1. The summed E-state index contributed by atoms with van der Waals surface area (Å²) in [6, 6.07) is 20.8. The van der Waals surface area contributed by atoms with Crippen molar-refractivity contribution in [2.75, 3.05) is 20.2 Å². The summed E-state index contributed by atoms with van der Waals surface area (Å²) in [5.41, 5.74) is -0.776. The number of likely N-dealkylation sites (tertiary alicyclic amines) is 1. The zero-order chi connectivity index (χ0) is 44.1. The number of benzene rings is 3. The highest BCUT2D eigenvalue weighted by molar-refractivity contribution is 7.90. The van der Waals surface area contributed by atoms with Crippen LogP contribution in [0.3, 0.4) is 0 Å². The molecule has 2 fully saturated rings. The average molecular weight is 852 g/mol. The van der Waals surface area contributed by atoms with Gasteiger partial charge in [0.05, 0.1) is 29.8 Å². The van der Waals surface area contributed by atoms with Crippen molar-refractivity contribution >= 4 is 50.6 Å². The minimum absolute atomic E-state index is 0.0257. The number of nitrogens with zero attached hydrogens (tertiary/aromatic N) is 3. The van der Waals surface area contributed by atoms with E-state index < -0.39 is 81.5 Å². The van der Waals surface area contributed by atoms with Crippen LogP contribution in [-0.2, 0) is 33.9 Å². The van der Waals surface area contributed by atoms with E-state index in [2.05, 4.69) is 33.5 Å². The van der Waals surface area contributed by atoms with Crippen LogP contribution in [0.5, 0.6) is 11.5 Å². The summed E-state index contributed by atoms with van der Waals surface area (Å²) in [5.74, 6) is -2.99. The molecule has 320 valence electrons. The molecule has 1 aliphatic carbocycles. The minimum Gasteiger partial charge on any atom is -0.595 e. The Morgan fingerprint density at radius 2 is 1.72 bits per heavy atom. The summed E-state index contributed by atoms with van der Waals surface area (Å²) >= 11 is 0. The highest BCUT2D eigenvalue weighted by Crippen LogP contribution is 2.45. The maximum Gasteiger partial charge on any atom is 0.264 e. The summed E-state index contributed by atoms with van der Waals surface area (Å²) in [6.45, 7) is 11.4. The lowest BCUT2D eigenvalue weighted by Crippen LogP contribution is -2.57. The topological polar surface area (TPSA) is 218 Å². The summed E-state index contributed by atoms with van der Waals surface area (Å²) < 4.78 is 45.9. The zero-order valence-electron chi connectivity index (χ0n) is 34.1. The van der Waals surface area contributed by atoms with E-state index in [1.54, 1.807) is 51.1 Å². The van der Waals surface area contributed by atoms with E-state index in [1.807, 2.05) is 30.3 Å². The SMILES string of the molecule is C=CC(=O)NCC(N=C([O-])OC(C)(C)C)C(=O)N1C[C@H](Oc2cc(-c3ccccc3)nc3cc(OC)ccc23)CC1C(=O)N[C@]1(C(=O)NS(=O)(=O)c2ccccc2)C[C@H]1C=C. The van der Waals surface area contributed by atoms with Crippen LogP contribution in [0.25, 0.3) is 22.2 Å². The van der Waals surface area contributed by atoms with E-state index >= 15 is 0 Å². The number of amides is 4. The first kappa shape index (κ1) is 43.8. The van der Waals surface area contributed by atoms with Crippen LogP contribution in [0.4, 0.5) is 0 Å². The molecule has 4 amide bonds. The number of nitrogens with one attached hydrogen (secondary N) is 3. The van der Waals surface area contributed by atoms with Gasteiger partial charge in [-0.1, -0.05) is 82.0 Å². The number of sulfonamides is 1. The van der Waals surface area contributed by atoms with E-state index in [-0.39, 0.29) is 24.3 Å². The predicted octanol–water partition coefficient (Wildman–Crippen LogP) is 3.03. The van der Waals surface area contributed by atoms with Gasteiger partial charge in [-0.05, 0) is 36.8 Å². The molecule has 0 bridgehead atoms. The summed E-state index contributed by atoms with van der Waals surface area (Å²) in [4.78, 5) is 65.0. The second-order valence-electron chi connectivity index (χ2n) is 15.6. The molecule has 16 nitrogen and oxygen atoms in total. The van der Waals surface area contributed by atoms with Gasteiger partial charge in [-0.2, -0.15) is 0 Å². The molecular formula is C44H47N6O10S-. The number of hydrogen-bond donors (Lipinski definition) is 3. The lowest BCUT2D eigenvalue weighted by atomic mass is 10.1. The van der Waals surface area contributed by atoms with E-state index in [9.17, 15) is 32.7 Å². The molecular weight excluding hydrogens is 805 g/mol. The first-order valence-corrected chi connectivity index (χ1v) is 20.9. The Morgan fingerprint density at radius 1 is 1.03 bits per heavy atom. The quantitative estimate of drug-likeness (QED) is 0.0684. The molecule has 17 heteroatoms. The Morgan fingerprint density at radius 3 is 2.34 bits per heavy atom. The third-order valence-electron chi connectivity index (χ3n) is 10.1. The van der Waals surface area contributed by atoms with E-state index in [1.165, 1.54) is 42.4 Å². The molecule has 3 N–H and O–H groups in total. The van der Waals surface area contributed by atoms with Gasteiger partial charge in [0.2, 0.25) is 17.7 Å². The largest absolute Gasteiger partial charge is 0.595 e. The number of hydrogen-bond acceptors (Lipinski definition) is 12. The number of ether oxygens (including phenoxy) is 3. The first-order chi connectivity index (χ1) is 29.0. The van der Waals surface area contributed by atoms with Crippen LogP contribution in [0, 0.1) is 5.92 Å². The highest BCUT2D eigenvalue weighted by atomic mass is 32.2. The smallest absolute Gasteiger partial charge is 0.264 e. The zero-order valence-corrected chi connectivity index (χ0v) is 34.9. The second kappa shape index (κ2) is 17.8. The van der Waals surface area contributed by atoms with Crippen LogP contribution in [0.15, 0.2) is 120 Å². The number of aromatic nitrogens is 1. The molecule has 61 heavy (non-hydrogen) atoms. The van der Waals surface area contributed by atoms with Crippen molar-refractivity contribution in [3.63, 3.8) is 0 Å². The van der Waals surface area contributed by atoms with E-state index in [4.69, 9.17) is 19.2 Å². The Balaban J connectivity index is 1.36. The molecule has 3 aromatic carbocycles. The Kier molecular flexibility index (Phi) is 12.8. The lowest BCUT2D eigenvalue weighted by molar-refractivity contribution is -0.261. The Labute approximate surface area is 353 Å². The lowest BCUT2D eigenvalue weighted by Gasteiger charge is -2.31. The van der Waals surface area contributed by atoms with Crippen molar-refractivity contribution in [1.29, 1.82) is 0 Å². The van der Waals surface area contributed by atoms with Crippen molar-refractivity contribution in [3.05, 3.63) is 110 Å². The summed E-state index contributed by atoms with van der Waals surface area (Å²) in [5, 5.41) is 18.8. The van der Waals surface area contributed by atoms with Gasteiger partial charge < -0.3 is 34.9 Å². The number of fused-ring (bicyclic) bond motifs is 1. The van der Waals surface area contributed by atoms with E-state index in [0.717, 1.165) is 11.6 Å². The minimum atomic E-state index is -4.33. The van der Waals surface area contributed by atoms with Crippen molar-refractivity contribution < 1.29 is 46.9 Å². The molecule has 1 saturated heterocycles. The van der Waals surface area contributed by atoms with Crippen molar-refractivity contribution in [2.45, 2.75) is 67.8 Å². The maximum absolute atomic E-state index is 14.6. The number of rotatable bonds is 15. The molecule has 5 atom stereocenters. The Bertz CT molecular complexity index is 2470. The molecule has 1 aromatic heterocycles. The van der Waals surface area contributed by atoms with Crippen molar-refractivity contribution in [3.8, 4) is 22.8 Å². The highest BCUT2D eigenvalue weighted by Gasteiger charge is 2.61. The summed E-state index contributed by atoms with van der Waals surface area (Å²) in [6.07, 6.45) is 0.383. The maximum atomic E-state index is 14.6. The Hall–Kier alpha value is -6.75. The molecule has 1 aliphatic heterocycles. The van der Waals surface area contributed by atoms with Crippen LogP contribution >= 0.6 is 0 Å². The van der Waals surface area contributed by atoms with Crippen LogP contribution in [-0.4, -0.2) is 97.5 Å². The fourth-order valence-electron chi connectivity index (χ4n) is 6.99. The van der Waals surface area contributed by atoms with Gasteiger partial charge in [0, 0.05) is 47.6 Å². The van der Waals surface area contributed by atoms with Gasteiger partial charge in [0.15, 0.2) is 0 Å². The third-order valence-corrected chi connectivity index (χ3v) is 11.5. The van der Waals surface area contributed by atoms with Crippen LogP contribution < -0.4 is 29.9 Å². The fraction of sp³-hybridized carbons (Fsp3) is 0.318. The molecule has 6 rings (SSSR count). The molecule has 2 aliphatic rings. The van der Waals surface area contributed by atoms with Gasteiger partial charge in [0.1, 0.15) is 41.3 Å². The number of pyridine rings is 1. The monoisotopic (exact) mass is 851 g/mol. The summed E-state index contributed by atoms with van der Waals surface area (Å²) in [7, 11) is -2.80. The average Bonchev–Trinajstić information content (AvgIpc) is 3.80. The molecule has 2 unspecified atom stereocenters. The van der Waals surface area contributed by atoms with Gasteiger partial charge in [-0.15, -0.1) is 6.58 Å². The van der Waals surface area contributed by atoms with Crippen LogP contribution in [0.1, 0.15) is 33.6 Å². The normalized spacial score (nSPS) is 20.5. The number of aliphatic imine (C=N–C) groups is 1. The second-order valence-corrected chi connectivity index (χ2v) is 17.2. The number of carbonyl (C=O) groups excluding carboxylic acids is 4. The standard InChI is InChI=1S/C44H48N6O10S/c1-7-28-24-44(28,41(54)49-61(56,57)31-17-13-10-14-18-31)48-39(52)36-22-30(26-50(36)40(53)35(25-45-38(51)8-2)47-42(55)60-43(3,4)5)59-37-23-33(27-15-11-9-12-16-27)46-34-21-29(58-6)19-20-32(34)37/h7-21,23,28,30,35-36H,1-2,22,24-26H2,3-6H3,(H,45,51)(H,47,55)(H,48,52)(H,49,54)/p-1/t28-,30-,35?,36?,44-/m1/s1. The molecule has 0 spiro atoms. The van der Waals surface area contributed by atoms with Gasteiger partial charge in [0.25, 0.3) is 15.9 Å². The van der Waals surface area contributed by atoms with Gasteiger partial charge in [-0.25, -0.2) is 18.1 Å². The molecule has 4 aromatic rings.